The van der Waals surface area contributed by atoms with E-state index in [1.165, 1.54) is 28.8 Å². The molecule has 6 atom stereocenters. The molecule has 0 aliphatic carbocycles. The highest BCUT2D eigenvalue weighted by Gasteiger charge is 2.49. The molecule has 0 saturated carbocycles. The van der Waals surface area contributed by atoms with E-state index in [2.05, 4.69) is 19.3 Å². The van der Waals surface area contributed by atoms with Crippen LogP contribution in [0.1, 0.15) is 6.23 Å². The van der Waals surface area contributed by atoms with Crippen molar-refractivity contribution in [3.63, 3.8) is 0 Å². The molecule has 0 bridgehead atoms. The standard InChI is InChI=1S/C15H21N7O10P2/c1-20-7-22(12-9(20)13(24)19-15(16)18-12)14-10(23)11(29-2)8(31-14)5-30-34(27,28)32-33(25,26)21-4-3-17-6-21/h3-4,6-8,10-11,14,23H,5H2,1-2H3,(H4-,16,18,19,24,25,26,27,28)/p+1/t8-,10?,11+,14-/m1/s1. The summed E-state index contributed by atoms with van der Waals surface area (Å²) in [5.74, 6) is -0.155. The zero-order chi connectivity index (χ0) is 24.8. The summed E-state index contributed by atoms with van der Waals surface area (Å²) in [4.78, 5) is 42.1. The fourth-order valence-electron chi connectivity index (χ4n) is 3.60. The number of phosphoric ester groups is 1. The summed E-state index contributed by atoms with van der Waals surface area (Å²) in [5.41, 5.74) is 5.40. The number of aromatic nitrogens is 6. The van der Waals surface area contributed by atoms with Crippen LogP contribution >= 0.6 is 15.6 Å². The Morgan fingerprint density at radius 1 is 1.38 bits per heavy atom. The fraction of sp³-hybridized carbons (Fsp3) is 0.467. The lowest BCUT2D eigenvalue weighted by Gasteiger charge is -2.20. The van der Waals surface area contributed by atoms with E-state index in [0.717, 1.165) is 12.5 Å². The van der Waals surface area contributed by atoms with Crippen LogP contribution in [0.15, 0.2) is 29.8 Å². The first-order valence-electron chi connectivity index (χ1n) is 9.56. The van der Waals surface area contributed by atoms with Crippen molar-refractivity contribution in [1.29, 1.82) is 0 Å². The Hall–Kier alpha value is -2.46. The lowest BCUT2D eigenvalue weighted by atomic mass is 10.1. The Morgan fingerprint density at radius 2 is 2.12 bits per heavy atom. The number of nitrogens with zero attached hydrogens (tertiary/aromatic N) is 5. The molecule has 1 aliphatic rings. The number of nitrogens with two attached hydrogens (primary N) is 1. The predicted octanol–water partition coefficient (Wildman–Crippen LogP) is -1.62. The lowest BCUT2D eigenvalue weighted by Crippen LogP contribution is -2.46. The Balaban J connectivity index is 1.54. The van der Waals surface area contributed by atoms with E-state index in [4.69, 9.17) is 19.7 Å². The largest absolute Gasteiger partial charge is 0.480 e. The second kappa shape index (κ2) is 8.96. The highest BCUT2D eigenvalue weighted by atomic mass is 31.3. The highest BCUT2D eigenvalue weighted by Crippen LogP contribution is 2.60. The molecule has 34 heavy (non-hydrogen) atoms. The van der Waals surface area contributed by atoms with Crippen LogP contribution in [0.2, 0.25) is 0 Å². The van der Waals surface area contributed by atoms with E-state index < -0.39 is 52.3 Å². The van der Waals surface area contributed by atoms with Crippen molar-refractivity contribution in [3.8, 4) is 0 Å². The first-order chi connectivity index (χ1) is 15.9. The van der Waals surface area contributed by atoms with E-state index in [-0.39, 0.29) is 17.1 Å². The third kappa shape index (κ3) is 4.57. The number of nitrogens with one attached hydrogen (secondary N) is 1. The number of ether oxygens (including phenoxy) is 2. The van der Waals surface area contributed by atoms with E-state index in [0.29, 0.717) is 4.34 Å². The molecule has 1 saturated heterocycles. The molecule has 17 nitrogen and oxygen atoms in total. The van der Waals surface area contributed by atoms with Gasteiger partial charge in [-0.05, 0) is 0 Å². The third-order valence-corrected chi connectivity index (χ3v) is 8.01. The van der Waals surface area contributed by atoms with E-state index >= 15 is 0 Å². The van der Waals surface area contributed by atoms with Crippen molar-refractivity contribution in [1.82, 2.24) is 23.9 Å². The zero-order valence-electron chi connectivity index (χ0n) is 17.7. The van der Waals surface area contributed by atoms with E-state index in [1.807, 2.05) is 0 Å². The van der Waals surface area contributed by atoms with Crippen molar-refractivity contribution in [2.75, 3.05) is 19.5 Å². The number of imidazole rings is 2. The Kier molecular flexibility index (Phi) is 6.50. The quantitative estimate of drug-likeness (QED) is 0.166. The first-order valence-corrected chi connectivity index (χ1v) is 12.6. The van der Waals surface area contributed by atoms with Gasteiger partial charge in [0, 0.05) is 19.5 Å². The number of aliphatic hydroxyl groups is 1. The molecule has 3 unspecified atom stereocenters. The number of hydrogen-bond donors (Lipinski definition) is 5. The SMILES string of the molecule is CO[C@@H]1C(O)[C@H]([n+]2cn(C)c3c(=O)[nH]c(N)nc32)O[C@@H]1COP(=O)(O)OP(=O)(O)n1ccnc1. The third-order valence-electron chi connectivity index (χ3n) is 5.04. The van der Waals surface area contributed by atoms with Gasteiger partial charge in [-0.2, -0.15) is 4.31 Å². The van der Waals surface area contributed by atoms with Crippen molar-refractivity contribution < 1.29 is 46.9 Å². The molecular weight excluding hydrogens is 500 g/mol. The molecule has 0 spiro atoms. The number of nitrogen functional groups attached to an aromatic ring is 1. The van der Waals surface area contributed by atoms with Crippen molar-refractivity contribution in [3.05, 3.63) is 35.4 Å². The lowest BCUT2D eigenvalue weighted by molar-refractivity contribution is -0.745. The number of fused-ring (bicyclic) bond motifs is 1. The number of phosphoric acid groups is 1. The summed E-state index contributed by atoms with van der Waals surface area (Å²) in [6, 6.07) is 0. The minimum absolute atomic E-state index is 0.113. The van der Waals surface area contributed by atoms with Crippen LogP contribution in [0.5, 0.6) is 0 Å². The molecule has 3 aromatic heterocycles. The van der Waals surface area contributed by atoms with Crippen LogP contribution in [0.4, 0.5) is 5.95 Å². The van der Waals surface area contributed by atoms with Gasteiger partial charge in [0.1, 0.15) is 24.6 Å². The van der Waals surface area contributed by atoms with Gasteiger partial charge in [0.2, 0.25) is 11.7 Å². The Morgan fingerprint density at radius 3 is 2.76 bits per heavy atom. The number of aliphatic hydroxyl groups excluding tert-OH is 1. The molecular formula is C15H22N7O10P2+. The number of methoxy groups -OCH3 is 1. The van der Waals surface area contributed by atoms with Gasteiger partial charge in [-0.3, -0.25) is 18.9 Å². The fourth-order valence-corrected chi connectivity index (χ4v) is 5.95. The summed E-state index contributed by atoms with van der Waals surface area (Å²) >= 11 is 0. The molecule has 4 heterocycles. The molecule has 0 amide bonds. The van der Waals surface area contributed by atoms with Crippen LogP contribution < -0.4 is 15.9 Å². The van der Waals surface area contributed by atoms with Crippen LogP contribution in [0, 0.1) is 0 Å². The maximum Gasteiger partial charge on any atom is 0.480 e. The number of H-pyrrole nitrogens is 1. The molecule has 6 N–H and O–H groups in total. The summed E-state index contributed by atoms with van der Waals surface area (Å²) in [7, 11) is -6.99. The molecule has 3 aromatic rings. The summed E-state index contributed by atoms with van der Waals surface area (Å²) < 4.78 is 48.2. The first kappa shape index (κ1) is 24.7. The van der Waals surface area contributed by atoms with E-state index in [1.54, 1.807) is 7.05 Å². The zero-order valence-corrected chi connectivity index (χ0v) is 19.5. The Labute approximate surface area is 190 Å². The molecule has 4 rings (SSSR count). The van der Waals surface area contributed by atoms with Gasteiger partial charge in [0.25, 0.3) is 11.5 Å². The van der Waals surface area contributed by atoms with Gasteiger partial charge >= 0.3 is 21.2 Å². The number of anilines is 1. The van der Waals surface area contributed by atoms with Crippen LogP contribution in [-0.2, 0) is 34.5 Å². The van der Waals surface area contributed by atoms with Crippen molar-refractivity contribution in [2.24, 2.45) is 7.05 Å². The second-order valence-corrected chi connectivity index (χ2v) is 10.6. The van der Waals surface area contributed by atoms with Gasteiger partial charge in [0.05, 0.1) is 13.7 Å². The van der Waals surface area contributed by atoms with Gasteiger partial charge < -0.3 is 30.1 Å². The number of rotatable bonds is 8. The van der Waals surface area contributed by atoms with Crippen LogP contribution in [0.25, 0.3) is 11.2 Å². The average Bonchev–Trinajstić information content (AvgIpc) is 3.44. The number of aryl methyl sites for hydroxylation is 1. The maximum absolute atomic E-state index is 12.3. The number of hydrogen-bond acceptors (Lipinski definition) is 11. The van der Waals surface area contributed by atoms with Gasteiger partial charge in [0.15, 0.2) is 6.33 Å². The molecule has 19 heteroatoms. The summed E-state index contributed by atoms with van der Waals surface area (Å²) in [5, 5.41) is 10.8. The highest BCUT2D eigenvalue weighted by molar-refractivity contribution is 7.63. The van der Waals surface area contributed by atoms with Gasteiger partial charge in [-0.25, -0.2) is 23.0 Å². The molecule has 0 aromatic carbocycles. The van der Waals surface area contributed by atoms with Crippen LogP contribution in [0.3, 0.4) is 0 Å². The second-order valence-electron chi connectivity index (χ2n) is 7.29. The minimum atomic E-state index is -5.07. The monoisotopic (exact) mass is 522 g/mol. The summed E-state index contributed by atoms with van der Waals surface area (Å²) in [6.45, 7) is -0.661. The minimum Gasteiger partial charge on any atom is -0.384 e. The average molecular weight is 522 g/mol. The molecule has 1 fully saturated rings. The summed E-state index contributed by atoms with van der Waals surface area (Å²) in [6.07, 6.45) is -0.0390. The normalized spacial score (nSPS) is 26.5. The Bertz CT molecular complexity index is 1340. The molecule has 1 aliphatic heterocycles. The van der Waals surface area contributed by atoms with Crippen molar-refractivity contribution in [2.45, 2.75) is 24.5 Å². The van der Waals surface area contributed by atoms with Crippen LogP contribution in [-0.4, -0.2) is 70.8 Å². The molecule has 186 valence electrons. The topological polar surface area (TPSA) is 230 Å². The molecule has 0 radical (unpaired) electrons. The van der Waals surface area contributed by atoms with Gasteiger partial charge in [-0.15, -0.1) is 0 Å². The van der Waals surface area contributed by atoms with E-state index in [9.17, 15) is 28.8 Å². The van der Waals surface area contributed by atoms with Crippen molar-refractivity contribution >= 4 is 32.7 Å². The maximum atomic E-state index is 12.3. The number of aromatic amines is 1. The predicted molar refractivity (Wildman–Crippen MR) is 111 cm³/mol. The smallest absolute Gasteiger partial charge is 0.384 e. The van der Waals surface area contributed by atoms with Gasteiger partial charge in [-0.1, -0.05) is 4.98 Å².